The fraction of sp³-hybridized carbons (Fsp3) is 0.417. The van der Waals surface area contributed by atoms with Crippen LogP contribution >= 0.6 is 0 Å². The van der Waals surface area contributed by atoms with Crippen LogP contribution in [0.2, 0.25) is 0 Å². The Bertz CT molecular complexity index is 524. The van der Waals surface area contributed by atoms with Crippen molar-refractivity contribution in [3.8, 4) is 0 Å². The number of amidine groups is 1. The van der Waals surface area contributed by atoms with E-state index in [-0.39, 0.29) is 10.7 Å². The van der Waals surface area contributed by atoms with Gasteiger partial charge in [-0.15, -0.1) is 0 Å². The predicted molar refractivity (Wildman–Crippen MR) is 73.6 cm³/mol. The van der Waals surface area contributed by atoms with Gasteiger partial charge in [0.1, 0.15) is 5.84 Å². The topological polar surface area (TPSA) is 105 Å². The molecule has 1 rings (SSSR count). The average Bonchev–Trinajstić information content (AvgIpc) is 2.38. The van der Waals surface area contributed by atoms with Crippen molar-refractivity contribution in [1.29, 1.82) is 0 Å². The van der Waals surface area contributed by atoms with Gasteiger partial charge >= 0.3 is 0 Å². The highest BCUT2D eigenvalue weighted by molar-refractivity contribution is 7.89. The van der Waals surface area contributed by atoms with E-state index in [0.717, 1.165) is 5.56 Å². The van der Waals surface area contributed by atoms with Crippen molar-refractivity contribution in [2.45, 2.75) is 31.1 Å². The van der Waals surface area contributed by atoms with Gasteiger partial charge in [0, 0.05) is 13.0 Å². The van der Waals surface area contributed by atoms with Gasteiger partial charge in [-0.1, -0.05) is 22.9 Å². The van der Waals surface area contributed by atoms with Crippen molar-refractivity contribution < 1.29 is 13.6 Å². The quantitative estimate of drug-likeness (QED) is 0.230. The summed E-state index contributed by atoms with van der Waals surface area (Å²) in [5.74, 6) is 0.154. The van der Waals surface area contributed by atoms with Crippen LogP contribution in [-0.2, 0) is 10.0 Å². The van der Waals surface area contributed by atoms with E-state index < -0.39 is 10.0 Å². The second-order valence-electron chi connectivity index (χ2n) is 4.26. The van der Waals surface area contributed by atoms with Crippen LogP contribution in [0.15, 0.2) is 34.3 Å². The Kier molecular flexibility index (Phi) is 5.78. The molecule has 0 aliphatic rings. The Labute approximate surface area is 113 Å². The molecule has 0 bridgehead atoms. The van der Waals surface area contributed by atoms with Crippen LogP contribution in [0.5, 0.6) is 0 Å². The van der Waals surface area contributed by atoms with Crippen LogP contribution < -0.4 is 10.5 Å². The summed E-state index contributed by atoms with van der Waals surface area (Å²) in [6.07, 6.45) is 1.73. The Balaban J connectivity index is 2.42. The first kappa shape index (κ1) is 15.5. The van der Waals surface area contributed by atoms with Crippen LogP contribution in [0.25, 0.3) is 0 Å². The van der Waals surface area contributed by atoms with Crippen LogP contribution in [0.4, 0.5) is 0 Å². The molecule has 0 saturated carbocycles. The van der Waals surface area contributed by atoms with Crippen molar-refractivity contribution in [1.82, 2.24) is 4.72 Å². The molecule has 6 nitrogen and oxygen atoms in total. The van der Waals surface area contributed by atoms with E-state index in [9.17, 15) is 8.42 Å². The third-order valence-electron chi connectivity index (χ3n) is 2.61. The molecule has 0 atom stereocenters. The maximum Gasteiger partial charge on any atom is 0.240 e. The zero-order valence-electron chi connectivity index (χ0n) is 10.8. The number of nitrogens with zero attached hydrogens (tertiary/aromatic N) is 1. The lowest BCUT2D eigenvalue weighted by molar-refractivity contribution is 0.316. The summed E-state index contributed by atoms with van der Waals surface area (Å²) in [4.78, 5) is 0.259. The van der Waals surface area contributed by atoms with Gasteiger partial charge in [-0.3, -0.25) is 0 Å². The highest BCUT2D eigenvalue weighted by Crippen LogP contribution is 2.09. The zero-order valence-corrected chi connectivity index (χ0v) is 11.7. The minimum absolute atomic E-state index is 0.154. The van der Waals surface area contributed by atoms with Gasteiger partial charge in [0.25, 0.3) is 0 Å². The molecule has 19 heavy (non-hydrogen) atoms. The molecule has 0 aromatic heterocycles. The van der Waals surface area contributed by atoms with Crippen LogP contribution in [0.3, 0.4) is 0 Å². The lowest BCUT2D eigenvalue weighted by atomic mass is 10.2. The summed E-state index contributed by atoms with van der Waals surface area (Å²) in [5, 5.41) is 11.2. The van der Waals surface area contributed by atoms with E-state index >= 15 is 0 Å². The molecule has 7 heteroatoms. The van der Waals surface area contributed by atoms with Gasteiger partial charge in [0.2, 0.25) is 10.0 Å². The number of benzene rings is 1. The third-order valence-corrected chi connectivity index (χ3v) is 4.09. The van der Waals surface area contributed by atoms with Crippen LogP contribution in [0, 0.1) is 6.92 Å². The van der Waals surface area contributed by atoms with E-state index in [1.807, 2.05) is 6.92 Å². The summed E-state index contributed by atoms with van der Waals surface area (Å²) < 4.78 is 26.3. The lowest BCUT2D eigenvalue weighted by Crippen LogP contribution is -2.25. The Morgan fingerprint density at radius 2 is 1.95 bits per heavy atom. The molecule has 0 aliphatic heterocycles. The molecule has 0 saturated heterocycles. The number of nitrogens with two attached hydrogens (primary N) is 1. The summed E-state index contributed by atoms with van der Waals surface area (Å²) >= 11 is 0. The summed E-state index contributed by atoms with van der Waals surface area (Å²) in [6.45, 7) is 2.23. The fourth-order valence-electron chi connectivity index (χ4n) is 1.49. The predicted octanol–water partition coefficient (Wildman–Crippen LogP) is 1.19. The second-order valence-corrected chi connectivity index (χ2v) is 6.03. The summed E-state index contributed by atoms with van der Waals surface area (Å²) in [5.41, 5.74) is 6.32. The maximum atomic E-state index is 11.9. The summed E-state index contributed by atoms with van der Waals surface area (Å²) in [6, 6.07) is 6.67. The van der Waals surface area contributed by atoms with Gasteiger partial charge in [-0.25, -0.2) is 13.1 Å². The number of hydrogen-bond donors (Lipinski definition) is 3. The molecular weight excluding hydrogens is 266 g/mol. The van der Waals surface area contributed by atoms with Crippen LogP contribution in [0.1, 0.15) is 24.8 Å². The standard InChI is InChI=1S/C12H19N3O3S/c1-10-5-7-11(8-6-10)19(17,18)14-9-3-2-4-12(13)15-16/h5-8,14,16H,2-4,9H2,1H3,(H2,13,15). The number of oxime groups is 1. The van der Waals surface area contributed by atoms with E-state index in [1.54, 1.807) is 24.3 Å². The minimum Gasteiger partial charge on any atom is -0.409 e. The monoisotopic (exact) mass is 285 g/mol. The SMILES string of the molecule is Cc1ccc(S(=O)(=O)NCCCCC(N)=NO)cc1. The largest absolute Gasteiger partial charge is 0.409 e. The Hall–Kier alpha value is -1.60. The first-order valence-electron chi connectivity index (χ1n) is 5.98. The number of unbranched alkanes of at least 4 members (excludes halogenated alkanes) is 1. The van der Waals surface area contributed by atoms with Crippen molar-refractivity contribution in [3.63, 3.8) is 0 Å². The molecule has 0 spiro atoms. The minimum atomic E-state index is -3.44. The van der Waals surface area contributed by atoms with E-state index in [2.05, 4.69) is 9.88 Å². The van der Waals surface area contributed by atoms with Gasteiger partial charge in [-0.05, 0) is 31.9 Å². The first-order valence-corrected chi connectivity index (χ1v) is 7.47. The maximum absolute atomic E-state index is 11.9. The molecule has 0 unspecified atom stereocenters. The number of sulfonamides is 1. The average molecular weight is 285 g/mol. The van der Waals surface area contributed by atoms with E-state index in [1.165, 1.54) is 0 Å². The number of aryl methyl sites for hydroxylation is 1. The Morgan fingerprint density at radius 3 is 2.53 bits per heavy atom. The molecule has 0 aliphatic carbocycles. The number of hydrogen-bond acceptors (Lipinski definition) is 4. The molecule has 106 valence electrons. The fourth-order valence-corrected chi connectivity index (χ4v) is 2.56. The van der Waals surface area contributed by atoms with Crippen molar-refractivity contribution >= 4 is 15.9 Å². The highest BCUT2D eigenvalue weighted by Gasteiger charge is 2.12. The zero-order chi connectivity index (χ0) is 14.3. The number of rotatable bonds is 7. The number of nitrogens with one attached hydrogen (secondary N) is 1. The second kappa shape index (κ2) is 7.10. The molecule has 0 amide bonds. The van der Waals surface area contributed by atoms with Crippen molar-refractivity contribution in [2.24, 2.45) is 10.9 Å². The smallest absolute Gasteiger partial charge is 0.240 e. The molecule has 1 aromatic carbocycles. The molecule has 0 radical (unpaired) electrons. The van der Waals surface area contributed by atoms with E-state index in [4.69, 9.17) is 10.9 Å². The van der Waals surface area contributed by atoms with E-state index in [0.29, 0.717) is 25.8 Å². The van der Waals surface area contributed by atoms with Crippen molar-refractivity contribution in [3.05, 3.63) is 29.8 Å². The van der Waals surface area contributed by atoms with Gasteiger partial charge in [0.05, 0.1) is 4.90 Å². The molecule has 0 heterocycles. The molecular formula is C12H19N3O3S. The van der Waals surface area contributed by atoms with Crippen molar-refractivity contribution in [2.75, 3.05) is 6.54 Å². The summed E-state index contributed by atoms with van der Waals surface area (Å²) in [7, 11) is -3.44. The molecule has 1 aromatic rings. The highest BCUT2D eigenvalue weighted by atomic mass is 32.2. The van der Waals surface area contributed by atoms with Gasteiger partial charge in [-0.2, -0.15) is 0 Å². The van der Waals surface area contributed by atoms with Gasteiger partial charge in [0.15, 0.2) is 0 Å². The normalized spacial score (nSPS) is 12.6. The molecule has 4 N–H and O–H groups in total. The first-order chi connectivity index (χ1) is 8.95. The molecule has 0 fully saturated rings. The lowest BCUT2D eigenvalue weighted by Gasteiger charge is -2.06. The van der Waals surface area contributed by atoms with Crippen LogP contribution in [-0.4, -0.2) is 26.0 Å². The van der Waals surface area contributed by atoms with Gasteiger partial charge < -0.3 is 10.9 Å². The third kappa shape index (κ3) is 5.27. The Morgan fingerprint density at radius 1 is 1.32 bits per heavy atom.